The molecule has 0 spiro atoms. The quantitative estimate of drug-likeness (QED) is 0.489. The molecule has 0 bridgehead atoms. The molecule has 0 aromatic heterocycles. The first kappa shape index (κ1) is 18.4. The number of carbonyl (C=O) groups is 2. The predicted molar refractivity (Wildman–Crippen MR) is 107 cm³/mol. The third-order valence-electron chi connectivity index (χ3n) is 4.37. The van der Waals surface area contributed by atoms with Gasteiger partial charge < -0.3 is 10.4 Å². The summed E-state index contributed by atoms with van der Waals surface area (Å²) in [6.07, 6.45) is 0.737. The molecular formula is C23H21NO3. The molecular weight excluding hydrogens is 338 g/mol. The van der Waals surface area contributed by atoms with Gasteiger partial charge in [-0.25, -0.2) is 0 Å². The van der Waals surface area contributed by atoms with Gasteiger partial charge in [-0.3, -0.25) is 9.59 Å². The number of phenols is 1. The number of Topliss-reactive ketones (excluding diaryl/α,β-unsaturated/α-hetero) is 1. The number of hydrogen-bond acceptors (Lipinski definition) is 3. The lowest BCUT2D eigenvalue weighted by atomic mass is 10.0. The van der Waals surface area contributed by atoms with Crippen LogP contribution in [-0.2, 0) is 11.2 Å². The average Bonchev–Trinajstić information content (AvgIpc) is 2.69. The highest BCUT2D eigenvalue weighted by Gasteiger charge is 2.12. The van der Waals surface area contributed by atoms with E-state index in [0.717, 1.165) is 17.5 Å². The van der Waals surface area contributed by atoms with Crippen molar-refractivity contribution >= 4 is 17.4 Å². The third-order valence-corrected chi connectivity index (χ3v) is 4.37. The second-order valence-electron chi connectivity index (χ2n) is 6.32. The number of rotatable bonds is 6. The van der Waals surface area contributed by atoms with E-state index >= 15 is 0 Å². The third kappa shape index (κ3) is 4.82. The Bertz CT molecular complexity index is 927. The number of carbonyl (C=O) groups excluding carboxylic acids is 2. The maximum absolute atomic E-state index is 12.3. The monoisotopic (exact) mass is 359 g/mol. The van der Waals surface area contributed by atoms with Crippen LogP contribution in [0.25, 0.3) is 11.1 Å². The molecule has 0 atom stereocenters. The zero-order chi connectivity index (χ0) is 19.2. The molecule has 1 amide bonds. The molecule has 0 heterocycles. The van der Waals surface area contributed by atoms with E-state index in [-0.39, 0.29) is 23.9 Å². The fraction of sp³-hybridized carbons (Fsp3) is 0.130. The van der Waals surface area contributed by atoms with Crippen molar-refractivity contribution in [1.82, 2.24) is 0 Å². The number of hydrogen-bond donors (Lipinski definition) is 2. The molecule has 0 saturated carbocycles. The fourth-order valence-corrected chi connectivity index (χ4v) is 2.78. The van der Waals surface area contributed by atoms with Gasteiger partial charge in [0.25, 0.3) is 0 Å². The maximum Gasteiger partial charge on any atom is 0.232 e. The lowest BCUT2D eigenvalue weighted by molar-refractivity contribution is -0.115. The summed E-state index contributed by atoms with van der Waals surface area (Å²) >= 11 is 0. The number of nitrogens with one attached hydrogen (secondary N) is 1. The molecule has 0 aliphatic carbocycles. The molecule has 4 heteroatoms. The van der Waals surface area contributed by atoms with Crippen LogP contribution in [0.2, 0.25) is 0 Å². The largest absolute Gasteiger partial charge is 0.508 e. The Balaban J connectivity index is 1.61. The van der Waals surface area contributed by atoms with Gasteiger partial charge in [-0.15, -0.1) is 0 Å². The molecule has 3 aromatic rings. The SMILES string of the molecule is CCc1ccc(NC(=O)CC(=O)c2ccc(-c3ccc(O)cc3)cc2)cc1. The molecule has 0 radical (unpaired) electrons. The van der Waals surface area contributed by atoms with Crippen molar-refractivity contribution < 1.29 is 14.7 Å². The van der Waals surface area contributed by atoms with Gasteiger partial charge in [-0.1, -0.05) is 55.5 Å². The summed E-state index contributed by atoms with van der Waals surface area (Å²) < 4.78 is 0. The van der Waals surface area contributed by atoms with Gasteiger partial charge in [-0.05, 0) is 47.4 Å². The van der Waals surface area contributed by atoms with Gasteiger partial charge in [-0.2, -0.15) is 0 Å². The minimum Gasteiger partial charge on any atom is -0.508 e. The summed E-state index contributed by atoms with van der Waals surface area (Å²) in [6.45, 7) is 2.07. The van der Waals surface area contributed by atoms with Crippen LogP contribution >= 0.6 is 0 Å². The van der Waals surface area contributed by atoms with Crippen molar-refractivity contribution in [3.05, 3.63) is 83.9 Å². The van der Waals surface area contributed by atoms with Crippen LogP contribution in [0.3, 0.4) is 0 Å². The number of anilines is 1. The van der Waals surface area contributed by atoms with E-state index in [9.17, 15) is 14.7 Å². The molecule has 0 aliphatic rings. The summed E-state index contributed by atoms with van der Waals surface area (Å²) in [5.41, 5.74) is 4.26. The maximum atomic E-state index is 12.3. The smallest absolute Gasteiger partial charge is 0.232 e. The Labute approximate surface area is 158 Å². The number of aryl methyl sites for hydroxylation is 1. The van der Waals surface area contributed by atoms with E-state index in [0.29, 0.717) is 11.3 Å². The first-order valence-corrected chi connectivity index (χ1v) is 8.86. The lowest BCUT2D eigenvalue weighted by Crippen LogP contribution is -2.16. The standard InChI is InChI=1S/C23H21NO3/c1-2-16-3-11-20(12-4-16)24-23(27)15-22(26)19-7-5-17(6-8-19)18-9-13-21(25)14-10-18/h3-14,25H,2,15H2,1H3,(H,24,27). The summed E-state index contributed by atoms with van der Waals surface area (Å²) in [6, 6.07) is 21.5. The van der Waals surface area contributed by atoms with Crippen LogP contribution in [-0.4, -0.2) is 16.8 Å². The summed E-state index contributed by atoms with van der Waals surface area (Å²) in [7, 11) is 0. The van der Waals surface area contributed by atoms with Gasteiger partial charge in [0.1, 0.15) is 5.75 Å². The van der Waals surface area contributed by atoms with Crippen LogP contribution in [0.5, 0.6) is 5.75 Å². The topological polar surface area (TPSA) is 66.4 Å². The summed E-state index contributed by atoms with van der Waals surface area (Å²) in [4.78, 5) is 24.5. The predicted octanol–water partition coefficient (Wildman–Crippen LogP) is 4.83. The second-order valence-corrected chi connectivity index (χ2v) is 6.32. The molecule has 27 heavy (non-hydrogen) atoms. The Kier molecular flexibility index (Phi) is 5.67. The second kappa shape index (κ2) is 8.32. The Morgan fingerprint density at radius 3 is 1.93 bits per heavy atom. The van der Waals surface area contributed by atoms with Crippen molar-refractivity contribution in [2.24, 2.45) is 0 Å². The summed E-state index contributed by atoms with van der Waals surface area (Å²) in [5, 5.41) is 12.1. The van der Waals surface area contributed by atoms with E-state index in [1.807, 2.05) is 48.5 Å². The van der Waals surface area contributed by atoms with E-state index in [1.54, 1.807) is 24.3 Å². The minimum atomic E-state index is -0.327. The number of aromatic hydroxyl groups is 1. The molecule has 0 unspecified atom stereocenters. The van der Waals surface area contributed by atoms with Crippen LogP contribution in [0, 0.1) is 0 Å². The number of benzene rings is 3. The van der Waals surface area contributed by atoms with Crippen LogP contribution in [0.15, 0.2) is 72.8 Å². The van der Waals surface area contributed by atoms with Gasteiger partial charge in [0.2, 0.25) is 5.91 Å². The van der Waals surface area contributed by atoms with Crippen LogP contribution in [0.4, 0.5) is 5.69 Å². The molecule has 0 fully saturated rings. The first-order valence-electron chi connectivity index (χ1n) is 8.86. The molecule has 3 aromatic carbocycles. The van der Waals surface area contributed by atoms with Crippen molar-refractivity contribution in [2.45, 2.75) is 19.8 Å². The highest BCUT2D eigenvalue weighted by atomic mass is 16.3. The van der Waals surface area contributed by atoms with Crippen molar-refractivity contribution in [3.63, 3.8) is 0 Å². The molecule has 3 rings (SSSR count). The Morgan fingerprint density at radius 2 is 1.37 bits per heavy atom. The first-order chi connectivity index (χ1) is 13.0. The zero-order valence-corrected chi connectivity index (χ0v) is 15.1. The molecule has 136 valence electrons. The minimum absolute atomic E-state index is 0.200. The van der Waals surface area contributed by atoms with Crippen LogP contribution < -0.4 is 5.32 Å². The van der Waals surface area contributed by atoms with Gasteiger partial charge in [0, 0.05) is 11.3 Å². The normalized spacial score (nSPS) is 10.4. The number of amides is 1. The van der Waals surface area contributed by atoms with Crippen molar-refractivity contribution in [2.75, 3.05) is 5.32 Å². The van der Waals surface area contributed by atoms with Crippen molar-refractivity contribution in [1.29, 1.82) is 0 Å². The van der Waals surface area contributed by atoms with Crippen molar-refractivity contribution in [3.8, 4) is 16.9 Å². The van der Waals surface area contributed by atoms with E-state index in [1.165, 1.54) is 5.56 Å². The highest BCUT2D eigenvalue weighted by molar-refractivity contribution is 6.11. The fourth-order valence-electron chi connectivity index (χ4n) is 2.78. The van der Waals surface area contributed by atoms with Gasteiger partial charge in [0.05, 0.1) is 6.42 Å². The number of phenolic OH excluding ortho intramolecular Hbond substituents is 1. The van der Waals surface area contributed by atoms with Gasteiger partial charge >= 0.3 is 0 Å². The van der Waals surface area contributed by atoms with Crippen LogP contribution in [0.1, 0.15) is 29.3 Å². The number of ketones is 1. The average molecular weight is 359 g/mol. The summed E-state index contributed by atoms with van der Waals surface area (Å²) in [5.74, 6) is -0.345. The molecule has 2 N–H and O–H groups in total. The van der Waals surface area contributed by atoms with E-state index < -0.39 is 0 Å². The zero-order valence-electron chi connectivity index (χ0n) is 15.1. The Morgan fingerprint density at radius 1 is 0.815 bits per heavy atom. The highest BCUT2D eigenvalue weighted by Crippen LogP contribution is 2.22. The molecule has 0 aliphatic heterocycles. The Hall–Kier alpha value is -3.40. The van der Waals surface area contributed by atoms with E-state index in [2.05, 4.69) is 12.2 Å². The lowest BCUT2D eigenvalue weighted by Gasteiger charge is -2.07. The van der Waals surface area contributed by atoms with Gasteiger partial charge in [0.15, 0.2) is 5.78 Å². The molecule has 4 nitrogen and oxygen atoms in total. The van der Waals surface area contributed by atoms with E-state index in [4.69, 9.17) is 0 Å². The molecule has 0 saturated heterocycles.